The van der Waals surface area contributed by atoms with Crippen LogP contribution in [0.5, 0.6) is 0 Å². The van der Waals surface area contributed by atoms with Gasteiger partial charge in [-0.2, -0.15) is 16.8 Å². The average Bonchev–Trinajstić information content (AvgIpc) is 2.45. The maximum Gasteiger partial charge on any atom is 0.295 e. The van der Waals surface area contributed by atoms with Crippen molar-refractivity contribution in [3.8, 4) is 0 Å². The lowest BCUT2D eigenvalue weighted by molar-refractivity contribution is 0.489. The normalized spacial score (nSPS) is 19.8. The van der Waals surface area contributed by atoms with E-state index in [1.54, 1.807) is 0 Å². The molecule has 2 aliphatic rings. The summed E-state index contributed by atoms with van der Waals surface area (Å²) in [6, 6.07) is 0. The summed E-state index contributed by atoms with van der Waals surface area (Å²) >= 11 is 0. The Morgan fingerprint density at radius 2 is 1.12 bits per heavy atom. The van der Waals surface area contributed by atoms with Gasteiger partial charge in [0.25, 0.3) is 20.2 Å². The molecule has 0 saturated carbocycles. The zero-order chi connectivity index (χ0) is 18.1. The first-order valence-corrected chi connectivity index (χ1v) is 9.49. The van der Waals surface area contributed by atoms with Crippen LogP contribution >= 0.6 is 0 Å². The van der Waals surface area contributed by atoms with Gasteiger partial charge in [-0.25, -0.2) is 0 Å². The first-order valence-electron chi connectivity index (χ1n) is 6.61. The summed E-state index contributed by atoms with van der Waals surface area (Å²) in [4.78, 5) is -0.923. The van der Waals surface area contributed by atoms with E-state index in [-0.39, 0.29) is 35.4 Å². The first-order chi connectivity index (χ1) is 11.0. The minimum Gasteiger partial charge on any atom is -0.305 e. The van der Waals surface area contributed by atoms with Crippen LogP contribution in [0.1, 0.15) is 12.8 Å². The zero-order valence-corrected chi connectivity index (χ0v) is 13.9. The van der Waals surface area contributed by atoms with E-state index in [0.717, 1.165) is 12.2 Å². The number of hydrogen-bond donors (Lipinski definition) is 4. The van der Waals surface area contributed by atoms with E-state index in [1.165, 1.54) is 24.3 Å². The molecule has 0 heterocycles. The molecular formula is C14H14N2O6S2. The monoisotopic (exact) mass is 370 g/mol. The number of nitrogens with one attached hydrogen (secondary N) is 2. The molecule has 8 nitrogen and oxygen atoms in total. The lowest BCUT2D eigenvalue weighted by Crippen LogP contribution is -2.11. The number of hydrogen-bond acceptors (Lipinski definition) is 6. The molecule has 0 bridgehead atoms. The van der Waals surface area contributed by atoms with Crippen LogP contribution in [0.4, 0.5) is 0 Å². The summed E-state index contributed by atoms with van der Waals surface area (Å²) in [5.41, 5.74) is 0.210. The SMILES string of the molecule is N=C1C=C(S(=O)(=O)O)C(C=CC2=CCC(=N)C=C2S(=O)(=O)O)=CC1. The topological polar surface area (TPSA) is 156 Å². The molecule has 2 aliphatic carbocycles. The summed E-state index contributed by atoms with van der Waals surface area (Å²) in [5, 5.41) is 15.0. The van der Waals surface area contributed by atoms with E-state index in [9.17, 15) is 25.9 Å². The van der Waals surface area contributed by atoms with Gasteiger partial charge in [0.15, 0.2) is 0 Å². The second-order valence-corrected chi connectivity index (χ2v) is 7.86. The molecule has 0 aliphatic heterocycles. The summed E-state index contributed by atoms with van der Waals surface area (Å²) in [6.45, 7) is 0. The van der Waals surface area contributed by atoms with Gasteiger partial charge < -0.3 is 10.8 Å². The quantitative estimate of drug-likeness (QED) is 0.553. The maximum atomic E-state index is 11.4. The predicted molar refractivity (Wildman–Crippen MR) is 89.3 cm³/mol. The third kappa shape index (κ3) is 4.23. The first kappa shape index (κ1) is 18.2. The van der Waals surface area contributed by atoms with E-state index in [1.807, 2.05) is 0 Å². The molecule has 0 spiro atoms. The maximum absolute atomic E-state index is 11.4. The van der Waals surface area contributed by atoms with Crippen molar-refractivity contribution in [2.24, 2.45) is 0 Å². The molecular weight excluding hydrogens is 356 g/mol. The third-order valence-corrected chi connectivity index (χ3v) is 5.08. The van der Waals surface area contributed by atoms with Gasteiger partial charge >= 0.3 is 0 Å². The Hall–Kier alpha value is -2.14. The summed E-state index contributed by atoms with van der Waals surface area (Å²) in [6.07, 6.45) is 7.69. The van der Waals surface area contributed by atoms with Crippen molar-refractivity contribution in [2.75, 3.05) is 0 Å². The molecule has 0 amide bonds. The van der Waals surface area contributed by atoms with Crippen molar-refractivity contribution >= 4 is 31.7 Å². The Balaban J connectivity index is 2.40. The molecule has 0 radical (unpaired) electrons. The second-order valence-electron chi connectivity index (χ2n) is 5.08. The Morgan fingerprint density at radius 1 is 0.792 bits per heavy atom. The molecule has 128 valence electrons. The van der Waals surface area contributed by atoms with Crippen molar-refractivity contribution in [1.29, 1.82) is 10.8 Å². The Bertz CT molecular complexity index is 896. The largest absolute Gasteiger partial charge is 0.305 e. The van der Waals surface area contributed by atoms with Gasteiger partial charge in [0.05, 0.1) is 0 Å². The molecule has 0 aromatic rings. The lowest BCUT2D eigenvalue weighted by Gasteiger charge is -2.13. The lowest BCUT2D eigenvalue weighted by atomic mass is 10.0. The van der Waals surface area contributed by atoms with E-state index < -0.39 is 30.0 Å². The van der Waals surface area contributed by atoms with Crippen LogP contribution in [0.25, 0.3) is 0 Å². The van der Waals surface area contributed by atoms with Gasteiger partial charge in [-0.05, 0) is 23.3 Å². The highest BCUT2D eigenvalue weighted by molar-refractivity contribution is 7.90. The molecule has 0 fully saturated rings. The Labute approximate surface area is 139 Å². The standard InChI is InChI=1S/C14H14N2O6S2/c15-11-5-3-9(13(7-11)23(17,18)19)1-2-10-4-6-12(16)8-14(10)24(20,21)22/h1-4,7-8,15-16H,5-6H2,(H,17,18,19)(H,20,21,22). The van der Waals surface area contributed by atoms with Gasteiger partial charge in [-0.3, -0.25) is 9.11 Å². The van der Waals surface area contributed by atoms with Crippen LogP contribution in [0.3, 0.4) is 0 Å². The van der Waals surface area contributed by atoms with Crippen LogP contribution in [0.2, 0.25) is 0 Å². The van der Waals surface area contributed by atoms with Crippen LogP contribution in [0.15, 0.2) is 57.4 Å². The summed E-state index contributed by atoms with van der Waals surface area (Å²) in [5.74, 6) is 0. The highest BCUT2D eigenvalue weighted by Crippen LogP contribution is 2.27. The van der Waals surface area contributed by atoms with Gasteiger partial charge in [0, 0.05) is 24.3 Å². The van der Waals surface area contributed by atoms with E-state index >= 15 is 0 Å². The fraction of sp³-hybridized carbons (Fsp3) is 0.143. The number of rotatable bonds is 4. The number of allylic oxidation sites excluding steroid dienone is 8. The van der Waals surface area contributed by atoms with E-state index in [4.69, 9.17) is 10.8 Å². The summed E-state index contributed by atoms with van der Waals surface area (Å²) in [7, 11) is -9.09. The second kappa shape index (κ2) is 6.40. The molecule has 0 unspecified atom stereocenters. The van der Waals surface area contributed by atoms with Crippen molar-refractivity contribution in [2.45, 2.75) is 12.8 Å². The van der Waals surface area contributed by atoms with Gasteiger partial charge in [-0.15, -0.1) is 0 Å². The minimum atomic E-state index is -4.55. The van der Waals surface area contributed by atoms with Gasteiger partial charge in [0.1, 0.15) is 9.81 Å². The molecule has 4 N–H and O–H groups in total. The fourth-order valence-corrected chi connectivity index (χ4v) is 3.65. The van der Waals surface area contributed by atoms with Crippen molar-refractivity contribution < 1.29 is 25.9 Å². The zero-order valence-electron chi connectivity index (χ0n) is 12.2. The Kier molecular flexibility index (Phi) is 4.85. The molecule has 24 heavy (non-hydrogen) atoms. The smallest absolute Gasteiger partial charge is 0.295 e. The molecule has 2 rings (SSSR count). The van der Waals surface area contributed by atoms with Crippen molar-refractivity contribution in [3.05, 3.63) is 57.4 Å². The third-order valence-electron chi connectivity index (χ3n) is 3.26. The average molecular weight is 370 g/mol. The van der Waals surface area contributed by atoms with Gasteiger partial charge in [-0.1, -0.05) is 24.3 Å². The van der Waals surface area contributed by atoms with Crippen LogP contribution in [-0.4, -0.2) is 37.4 Å². The Morgan fingerprint density at radius 3 is 1.42 bits per heavy atom. The van der Waals surface area contributed by atoms with Crippen LogP contribution in [0, 0.1) is 10.8 Å². The molecule has 10 heteroatoms. The molecule has 0 aromatic heterocycles. The molecule has 0 atom stereocenters. The van der Waals surface area contributed by atoms with Crippen LogP contribution < -0.4 is 0 Å². The molecule has 0 aromatic carbocycles. The molecule has 0 saturated heterocycles. The van der Waals surface area contributed by atoms with E-state index in [0.29, 0.717) is 0 Å². The fourth-order valence-electron chi connectivity index (χ4n) is 2.17. The summed E-state index contributed by atoms with van der Waals surface area (Å²) < 4.78 is 64.0. The van der Waals surface area contributed by atoms with Crippen LogP contribution in [-0.2, 0) is 20.2 Å². The van der Waals surface area contributed by atoms with Gasteiger partial charge in [0.2, 0.25) is 0 Å². The van der Waals surface area contributed by atoms with Crippen molar-refractivity contribution in [3.63, 3.8) is 0 Å². The highest BCUT2D eigenvalue weighted by atomic mass is 32.2. The minimum absolute atomic E-state index is 0.00336. The predicted octanol–water partition coefficient (Wildman–Crippen LogP) is 1.79. The van der Waals surface area contributed by atoms with Crippen molar-refractivity contribution in [1.82, 2.24) is 0 Å². The highest BCUT2D eigenvalue weighted by Gasteiger charge is 2.23. The van der Waals surface area contributed by atoms with E-state index in [2.05, 4.69) is 0 Å².